The Morgan fingerprint density at radius 3 is 2.12 bits per heavy atom. The maximum Gasteiger partial charge on any atom is 0.338 e. The molecule has 9 heteroatoms. The van der Waals surface area contributed by atoms with Gasteiger partial charge in [-0.3, -0.25) is 9.59 Å². The first-order valence-electron chi connectivity index (χ1n) is 10.3. The molecule has 0 saturated heterocycles. The SMILES string of the molecule is COc1ccccc1NC(=O)COc1ccc(C(=O)OCC(=O)Nc2ccccc2)cc1OC. The van der Waals surface area contributed by atoms with Gasteiger partial charge in [-0.15, -0.1) is 0 Å². The van der Waals surface area contributed by atoms with E-state index in [2.05, 4.69) is 10.6 Å². The zero-order chi connectivity index (χ0) is 24.3. The van der Waals surface area contributed by atoms with E-state index in [1.807, 2.05) is 6.07 Å². The van der Waals surface area contributed by atoms with Crippen LogP contribution in [0.25, 0.3) is 0 Å². The highest BCUT2D eigenvalue weighted by Gasteiger charge is 2.15. The number of hydrogen-bond donors (Lipinski definition) is 2. The quantitative estimate of drug-likeness (QED) is 0.442. The third-order valence-corrected chi connectivity index (χ3v) is 4.53. The van der Waals surface area contributed by atoms with Gasteiger partial charge in [0.05, 0.1) is 25.5 Å². The maximum absolute atomic E-state index is 12.3. The number of amides is 2. The van der Waals surface area contributed by atoms with Crippen LogP contribution in [-0.4, -0.2) is 45.2 Å². The predicted octanol–water partition coefficient (Wildman–Crippen LogP) is 3.52. The van der Waals surface area contributed by atoms with E-state index >= 15 is 0 Å². The van der Waals surface area contributed by atoms with Gasteiger partial charge in [-0.05, 0) is 42.5 Å². The molecule has 0 saturated carbocycles. The van der Waals surface area contributed by atoms with Crippen LogP contribution in [0.15, 0.2) is 72.8 Å². The molecule has 0 heterocycles. The molecule has 3 rings (SSSR count). The van der Waals surface area contributed by atoms with Crippen LogP contribution in [0.5, 0.6) is 17.2 Å². The van der Waals surface area contributed by atoms with E-state index in [4.69, 9.17) is 18.9 Å². The summed E-state index contributed by atoms with van der Waals surface area (Å²) >= 11 is 0. The second-order valence-electron chi connectivity index (χ2n) is 6.89. The van der Waals surface area contributed by atoms with Crippen LogP contribution in [0.2, 0.25) is 0 Å². The lowest BCUT2D eigenvalue weighted by molar-refractivity contribution is -0.119. The van der Waals surface area contributed by atoms with Crippen molar-refractivity contribution in [2.45, 2.75) is 0 Å². The number of rotatable bonds is 10. The number of nitrogens with one attached hydrogen (secondary N) is 2. The average molecular weight is 464 g/mol. The van der Waals surface area contributed by atoms with Crippen LogP contribution >= 0.6 is 0 Å². The normalized spacial score (nSPS) is 10.1. The number of methoxy groups -OCH3 is 2. The second-order valence-corrected chi connectivity index (χ2v) is 6.89. The Kier molecular flexibility index (Phi) is 8.45. The molecule has 2 amide bonds. The summed E-state index contributed by atoms with van der Waals surface area (Å²) in [5, 5.41) is 5.33. The largest absolute Gasteiger partial charge is 0.495 e. The van der Waals surface area contributed by atoms with Gasteiger partial charge in [0.25, 0.3) is 11.8 Å². The molecule has 0 aromatic heterocycles. The van der Waals surface area contributed by atoms with E-state index in [9.17, 15) is 14.4 Å². The molecule has 0 aliphatic carbocycles. The van der Waals surface area contributed by atoms with Crippen LogP contribution < -0.4 is 24.8 Å². The number of benzene rings is 3. The van der Waals surface area contributed by atoms with Crippen molar-refractivity contribution in [3.63, 3.8) is 0 Å². The fourth-order valence-electron chi connectivity index (χ4n) is 2.92. The Bertz CT molecular complexity index is 1150. The highest BCUT2D eigenvalue weighted by molar-refractivity contribution is 5.96. The van der Waals surface area contributed by atoms with Crippen molar-refractivity contribution in [3.8, 4) is 17.2 Å². The second kappa shape index (κ2) is 11.9. The van der Waals surface area contributed by atoms with E-state index in [1.54, 1.807) is 48.5 Å². The van der Waals surface area contributed by atoms with E-state index in [0.29, 0.717) is 17.1 Å². The summed E-state index contributed by atoms with van der Waals surface area (Å²) in [5.74, 6) is -0.563. The van der Waals surface area contributed by atoms with Crippen molar-refractivity contribution >= 4 is 29.2 Å². The molecule has 34 heavy (non-hydrogen) atoms. The number of ether oxygens (including phenoxy) is 4. The van der Waals surface area contributed by atoms with Gasteiger partial charge in [-0.1, -0.05) is 30.3 Å². The monoisotopic (exact) mass is 464 g/mol. The molecule has 0 bridgehead atoms. The Hall–Kier alpha value is -4.53. The maximum atomic E-state index is 12.3. The standard InChI is InChI=1S/C25H24N2O7/c1-31-20-11-7-6-10-19(20)27-24(29)15-33-21-13-12-17(14-22(21)32-2)25(30)34-16-23(28)26-18-8-4-3-5-9-18/h3-14H,15-16H2,1-2H3,(H,26,28)(H,27,29). The molecule has 0 fully saturated rings. The molecule has 0 atom stereocenters. The predicted molar refractivity (Wildman–Crippen MR) is 125 cm³/mol. The zero-order valence-corrected chi connectivity index (χ0v) is 18.7. The van der Waals surface area contributed by atoms with Gasteiger partial charge in [-0.2, -0.15) is 0 Å². The van der Waals surface area contributed by atoms with Gasteiger partial charge >= 0.3 is 5.97 Å². The number of para-hydroxylation sites is 3. The Labute approximate surface area is 196 Å². The Morgan fingerprint density at radius 1 is 0.706 bits per heavy atom. The molecule has 0 aliphatic heterocycles. The smallest absolute Gasteiger partial charge is 0.338 e. The molecular formula is C25H24N2O7. The third kappa shape index (κ3) is 6.73. The molecule has 0 radical (unpaired) electrons. The number of carbonyl (C=O) groups is 3. The van der Waals surface area contributed by atoms with Crippen molar-refractivity contribution < 1.29 is 33.3 Å². The minimum Gasteiger partial charge on any atom is -0.495 e. The summed E-state index contributed by atoms with van der Waals surface area (Å²) < 4.78 is 21.1. The van der Waals surface area contributed by atoms with Crippen molar-refractivity contribution in [2.75, 3.05) is 38.1 Å². The molecule has 2 N–H and O–H groups in total. The van der Waals surface area contributed by atoms with Crippen molar-refractivity contribution in [2.24, 2.45) is 0 Å². The summed E-state index contributed by atoms with van der Waals surface area (Å²) in [6.07, 6.45) is 0. The zero-order valence-electron chi connectivity index (χ0n) is 18.7. The fourth-order valence-corrected chi connectivity index (χ4v) is 2.92. The van der Waals surface area contributed by atoms with Crippen molar-refractivity contribution in [1.29, 1.82) is 0 Å². The summed E-state index contributed by atoms with van der Waals surface area (Å²) in [4.78, 5) is 36.6. The van der Waals surface area contributed by atoms with Crippen molar-refractivity contribution in [3.05, 3.63) is 78.4 Å². The molecule has 176 valence electrons. The lowest BCUT2D eigenvalue weighted by Crippen LogP contribution is -2.21. The van der Waals surface area contributed by atoms with Crippen molar-refractivity contribution in [1.82, 2.24) is 0 Å². The van der Waals surface area contributed by atoms with E-state index in [1.165, 1.54) is 32.4 Å². The Balaban J connectivity index is 1.54. The minimum atomic E-state index is -0.707. The molecule has 0 aliphatic rings. The highest BCUT2D eigenvalue weighted by atomic mass is 16.5. The van der Waals surface area contributed by atoms with Crippen LogP contribution in [0.4, 0.5) is 11.4 Å². The van der Waals surface area contributed by atoms with Gasteiger partial charge in [0, 0.05) is 5.69 Å². The molecule has 9 nitrogen and oxygen atoms in total. The summed E-state index contributed by atoms with van der Waals surface area (Å²) in [6.45, 7) is -0.741. The first-order valence-corrected chi connectivity index (χ1v) is 10.3. The molecular weight excluding hydrogens is 440 g/mol. The van der Waals surface area contributed by atoms with Gasteiger partial charge < -0.3 is 29.6 Å². The first-order chi connectivity index (χ1) is 16.5. The lowest BCUT2D eigenvalue weighted by Gasteiger charge is -2.13. The van der Waals surface area contributed by atoms with Crippen LogP contribution in [0, 0.1) is 0 Å². The number of anilines is 2. The van der Waals surface area contributed by atoms with Gasteiger partial charge in [0.15, 0.2) is 24.7 Å². The van der Waals surface area contributed by atoms with E-state index in [0.717, 1.165) is 0 Å². The molecule has 0 unspecified atom stereocenters. The third-order valence-electron chi connectivity index (χ3n) is 4.53. The minimum absolute atomic E-state index is 0.162. The topological polar surface area (TPSA) is 112 Å². The van der Waals surface area contributed by atoms with E-state index < -0.39 is 24.4 Å². The molecule has 0 spiro atoms. The summed E-state index contributed by atoms with van der Waals surface area (Å²) in [7, 11) is 2.91. The van der Waals surface area contributed by atoms with Gasteiger partial charge in [0.2, 0.25) is 0 Å². The summed E-state index contributed by atoms with van der Waals surface area (Å²) in [5.41, 5.74) is 1.27. The average Bonchev–Trinajstić information content (AvgIpc) is 2.86. The fraction of sp³-hybridized carbons (Fsp3) is 0.160. The number of esters is 1. The van der Waals surface area contributed by atoms with Crippen LogP contribution in [0.3, 0.4) is 0 Å². The van der Waals surface area contributed by atoms with E-state index in [-0.39, 0.29) is 23.7 Å². The summed E-state index contributed by atoms with van der Waals surface area (Å²) in [6, 6.07) is 20.2. The highest BCUT2D eigenvalue weighted by Crippen LogP contribution is 2.29. The van der Waals surface area contributed by atoms with Gasteiger partial charge in [-0.25, -0.2) is 4.79 Å². The van der Waals surface area contributed by atoms with Gasteiger partial charge in [0.1, 0.15) is 5.75 Å². The first kappa shape index (κ1) is 24.1. The van der Waals surface area contributed by atoms with Crippen LogP contribution in [-0.2, 0) is 14.3 Å². The number of carbonyl (C=O) groups excluding carboxylic acids is 3. The Morgan fingerprint density at radius 2 is 1.38 bits per heavy atom. The van der Waals surface area contributed by atoms with Crippen LogP contribution in [0.1, 0.15) is 10.4 Å². The molecule has 3 aromatic rings. The lowest BCUT2D eigenvalue weighted by atomic mass is 10.2. The number of hydrogen-bond acceptors (Lipinski definition) is 7. The molecule has 3 aromatic carbocycles.